The second kappa shape index (κ2) is 3.49. The molecule has 0 aliphatic carbocycles. The van der Waals surface area contributed by atoms with Crippen LogP contribution in [0.1, 0.15) is 5.56 Å². The van der Waals surface area contributed by atoms with Gasteiger partial charge in [0, 0.05) is 10.6 Å². The SMILES string of the molecule is [N-]=[N+]=C1N=NC(c2ccc(Cl)cc2)=N1. The number of amidine groups is 1. The Morgan fingerprint density at radius 2 is 1.86 bits per heavy atom. The predicted molar refractivity (Wildman–Crippen MR) is 51.5 cm³/mol. The fraction of sp³-hybridized carbons (Fsp3) is 0. The zero-order valence-electron chi connectivity index (χ0n) is 6.92. The lowest BCUT2D eigenvalue weighted by atomic mass is 10.2. The molecule has 0 bridgehead atoms. The van der Waals surface area contributed by atoms with E-state index in [9.17, 15) is 0 Å². The Bertz CT molecular complexity index is 467. The Morgan fingerprint density at radius 3 is 2.43 bits per heavy atom. The lowest BCUT2D eigenvalue weighted by Gasteiger charge is -1.91. The maximum Gasteiger partial charge on any atom is 0.530 e. The van der Waals surface area contributed by atoms with Gasteiger partial charge in [0.15, 0.2) is 0 Å². The molecule has 0 fully saturated rings. The first-order valence-corrected chi connectivity index (χ1v) is 4.16. The van der Waals surface area contributed by atoms with E-state index < -0.39 is 0 Å². The van der Waals surface area contributed by atoms with Gasteiger partial charge < -0.3 is 10.3 Å². The van der Waals surface area contributed by atoms with E-state index >= 15 is 0 Å². The Morgan fingerprint density at radius 1 is 1.14 bits per heavy atom. The summed E-state index contributed by atoms with van der Waals surface area (Å²) in [6, 6.07) is 6.98. The molecule has 6 heteroatoms. The predicted octanol–water partition coefficient (Wildman–Crippen LogP) is 2.14. The summed E-state index contributed by atoms with van der Waals surface area (Å²) in [6.07, 6.45) is 0. The van der Waals surface area contributed by atoms with Crippen LogP contribution in [0.2, 0.25) is 5.02 Å². The maximum absolute atomic E-state index is 8.38. The quantitative estimate of drug-likeness (QED) is 0.498. The molecule has 0 spiro atoms. The Hall–Kier alpha value is -1.84. The summed E-state index contributed by atoms with van der Waals surface area (Å²) in [5.74, 6) is 0.365. The molecule has 0 aromatic heterocycles. The monoisotopic (exact) mass is 205 g/mol. The van der Waals surface area contributed by atoms with Crippen molar-refractivity contribution in [2.45, 2.75) is 0 Å². The molecule has 1 aliphatic rings. The minimum absolute atomic E-state index is 0.0463. The first-order valence-electron chi connectivity index (χ1n) is 3.78. The van der Waals surface area contributed by atoms with E-state index in [1.807, 2.05) is 0 Å². The van der Waals surface area contributed by atoms with Gasteiger partial charge in [-0.05, 0) is 34.4 Å². The Balaban J connectivity index is 2.39. The van der Waals surface area contributed by atoms with Crippen molar-refractivity contribution in [2.75, 3.05) is 0 Å². The molecule has 14 heavy (non-hydrogen) atoms. The van der Waals surface area contributed by atoms with Crippen molar-refractivity contribution < 1.29 is 4.79 Å². The fourth-order valence-electron chi connectivity index (χ4n) is 0.995. The highest BCUT2D eigenvalue weighted by atomic mass is 35.5. The molecular weight excluding hydrogens is 202 g/mol. The van der Waals surface area contributed by atoms with Crippen molar-refractivity contribution in [3.8, 4) is 0 Å². The maximum atomic E-state index is 8.38. The van der Waals surface area contributed by atoms with E-state index in [2.05, 4.69) is 20.0 Å². The second-order valence-electron chi connectivity index (χ2n) is 2.54. The molecular formula is C8H4ClN5. The third kappa shape index (κ3) is 1.59. The summed E-state index contributed by atoms with van der Waals surface area (Å²) in [4.78, 5) is 6.67. The van der Waals surface area contributed by atoms with Crippen molar-refractivity contribution in [1.29, 1.82) is 0 Å². The zero-order chi connectivity index (χ0) is 9.97. The smallest absolute Gasteiger partial charge is 0.530 e. The fourth-order valence-corrected chi connectivity index (χ4v) is 1.12. The van der Waals surface area contributed by atoms with Crippen LogP contribution in [0.5, 0.6) is 0 Å². The summed E-state index contributed by atoms with van der Waals surface area (Å²) in [5.41, 5.74) is 9.16. The number of hydrogen-bond acceptors (Lipinski definition) is 1. The minimum Gasteiger partial charge on any atom is -0.542 e. The molecule has 0 atom stereocenters. The van der Waals surface area contributed by atoms with Gasteiger partial charge in [-0.2, -0.15) is 0 Å². The molecule has 1 heterocycles. The Labute approximate surface area is 84.4 Å². The summed E-state index contributed by atoms with van der Waals surface area (Å²) in [6.45, 7) is 0. The van der Waals surface area contributed by atoms with Crippen molar-refractivity contribution in [3.05, 3.63) is 40.4 Å². The van der Waals surface area contributed by atoms with Crippen molar-refractivity contribution in [3.63, 3.8) is 0 Å². The van der Waals surface area contributed by atoms with E-state index in [4.69, 9.17) is 17.1 Å². The van der Waals surface area contributed by atoms with Gasteiger partial charge in [-0.25, -0.2) is 0 Å². The molecule has 68 valence electrons. The first-order chi connectivity index (χ1) is 6.79. The summed E-state index contributed by atoms with van der Waals surface area (Å²) in [7, 11) is 0. The average Bonchev–Trinajstić information content (AvgIpc) is 2.67. The van der Waals surface area contributed by atoms with E-state index in [0.717, 1.165) is 5.56 Å². The third-order valence-electron chi connectivity index (χ3n) is 1.63. The minimum atomic E-state index is -0.0463. The first kappa shape index (κ1) is 8.74. The lowest BCUT2D eigenvalue weighted by molar-refractivity contribution is -0.00828. The van der Waals surface area contributed by atoms with Gasteiger partial charge in [0.05, 0.1) is 5.11 Å². The Kier molecular flexibility index (Phi) is 2.18. The van der Waals surface area contributed by atoms with Crippen LogP contribution in [-0.4, -0.2) is 16.6 Å². The number of hydrogen-bond donors (Lipinski definition) is 0. The molecule has 0 N–H and O–H groups in total. The van der Waals surface area contributed by atoms with Crippen LogP contribution in [0.4, 0.5) is 0 Å². The van der Waals surface area contributed by atoms with E-state index in [1.165, 1.54) is 0 Å². The summed E-state index contributed by atoms with van der Waals surface area (Å²) >= 11 is 5.72. The van der Waals surface area contributed by atoms with Gasteiger partial charge >= 0.3 is 5.96 Å². The van der Waals surface area contributed by atoms with Gasteiger partial charge in [0.25, 0.3) is 5.84 Å². The van der Waals surface area contributed by atoms with Crippen molar-refractivity contribution >= 4 is 23.4 Å². The second-order valence-corrected chi connectivity index (χ2v) is 2.98. The number of nitrogens with zero attached hydrogens (tertiary/aromatic N) is 5. The zero-order valence-corrected chi connectivity index (χ0v) is 7.68. The standard InChI is InChI=1S/C8H4ClN5/c9-6-3-1-5(2-4-6)7-11-8(12-10)14-13-7/h1-4H. The summed E-state index contributed by atoms with van der Waals surface area (Å²) in [5, 5.41) is 7.89. The molecule has 1 aliphatic heterocycles. The molecule has 2 rings (SSSR count). The van der Waals surface area contributed by atoms with Crippen molar-refractivity contribution in [2.24, 2.45) is 15.2 Å². The third-order valence-corrected chi connectivity index (χ3v) is 1.88. The van der Waals surface area contributed by atoms with Gasteiger partial charge in [-0.15, -0.1) is 0 Å². The van der Waals surface area contributed by atoms with Crippen LogP contribution in [0, 0.1) is 0 Å². The molecule has 0 amide bonds. The van der Waals surface area contributed by atoms with E-state index in [1.54, 1.807) is 24.3 Å². The van der Waals surface area contributed by atoms with E-state index in [0.29, 0.717) is 10.9 Å². The van der Waals surface area contributed by atoms with Crippen LogP contribution >= 0.6 is 11.6 Å². The van der Waals surface area contributed by atoms with Crippen molar-refractivity contribution in [1.82, 2.24) is 0 Å². The molecule has 1 aromatic rings. The number of azo groups is 1. The molecule has 0 saturated carbocycles. The topological polar surface area (TPSA) is 73.5 Å². The van der Waals surface area contributed by atoms with Gasteiger partial charge in [0.2, 0.25) is 0 Å². The highest BCUT2D eigenvalue weighted by Crippen LogP contribution is 2.13. The van der Waals surface area contributed by atoms with Crippen LogP contribution in [0.25, 0.3) is 5.53 Å². The van der Waals surface area contributed by atoms with Crippen LogP contribution < -0.4 is 0 Å². The molecule has 0 unspecified atom stereocenters. The van der Waals surface area contributed by atoms with Crippen LogP contribution in [0.3, 0.4) is 0 Å². The molecule has 5 nitrogen and oxygen atoms in total. The highest BCUT2D eigenvalue weighted by molar-refractivity contribution is 6.30. The van der Waals surface area contributed by atoms with E-state index in [-0.39, 0.29) is 5.96 Å². The lowest BCUT2D eigenvalue weighted by Crippen LogP contribution is -1.93. The van der Waals surface area contributed by atoms with Gasteiger partial charge in [0.1, 0.15) is 0 Å². The van der Waals surface area contributed by atoms with Gasteiger partial charge in [-0.1, -0.05) is 11.6 Å². The number of guanidine groups is 1. The normalized spacial score (nSPS) is 14.1. The van der Waals surface area contributed by atoms with Gasteiger partial charge in [-0.3, -0.25) is 0 Å². The number of aliphatic imine (C=N–C) groups is 1. The highest BCUT2D eigenvalue weighted by Gasteiger charge is 2.20. The summed E-state index contributed by atoms with van der Waals surface area (Å²) < 4.78 is 0. The number of rotatable bonds is 1. The number of halogens is 1. The molecule has 1 aromatic carbocycles. The average molecular weight is 206 g/mol. The number of benzene rings is 1. The molecule has 0 saturated heterocycles. The largest absolute Gasteiger partial charge is 0.542 e. The van der Waals surface area contributed by atoms with Crippen LogP contribution in [0.15, 0.2) is 39.5 Å². The molecule has 0 radical (unpaired) electrons. The van der Waals surface area contributed by atoms with Crippen LogP contribution in [-0.2, 0) is 0 Å².